The molecule has 0 bridgehead atoms. The van der Waals surface area contributed by atoms with E-state index in [-0.39, 0.29) is 0 Å². The first-order valence-electron chi connectivity index (χ1n) is 1.70. The van der Waals surface area contributed by atoms with Crippen molar-refractivity contribution in [1.82, 2.24) is 0 Å². The molecule has 0 N–H and O–H groups in total. The molecule has 0 aromatic heterocycles. The van der Waals surface area contributed by atoms with Gasteiger partial charge in [-0.2, -0.15) is 0 Å². The van der Waals surface area contributed by atoms with Gasteiger partial charge in [-0.05, 0) is 0 Å². The standard InChI is InChI=1S/11ClH.2W/h11*1H;;/q;;;;;;;;;;;+5;+6/p-11. The van der Waals surface area contributed by atoms with Crippen molar-refractivity contribution in [3.05, 3.63) is 0 Å². The summed E-state index contributed by atoms with van der Waals surface area (Å²) in [6, 6.07) is 0. The molecule has 0 heterocycles. The van der Waals surface area contributed by atoms with Gasteiger partial charge in [0.1, 0.15) is 0 Å². The molecule has 0 atom stereocenters. The Bertz CT molecular complexity index is 148. The first-order chi connectivity index (χ1) is 4.69. The van der Waals surface area contributed by atoms with Crippen molar-refractivity contribution in [2.75, 3.05) is 0 Å². The molecule has 0 aliphatic heterocycles. The third kappa shape index (κ3) is 169. The van der Waals surface area contributed by atoms with Gasteiger partial charge in [-0.25, -0.2) is 0 Å². The molecule has 0 aliphatic carbocycles. The van der Waals surface area contributed by atoms with Crippen LogP contribution in [0.15, 0.2) is 0 Å². The van der Waals surface area contributed by atoms with E-state index in [1.807, 2.05) is 0 Å². The van der Waals surface area contributed by atoms with Crippen molar-refractivity contribution in [1.29, 1.82) is 0 Å². The summed E-state index contributed by atoms with van der Waals surface area (Å²) in [6.07, 6.45) is 0. The van der Waals surface area contributed by atoms with Crippen molar-refractivity contribution in [3.8, 4) is 0 Å². The predicted octanol–water partition coefficient (Wildman–Crippen LogP) is 7.58. The van der Waals surface area contributed by atoms with E-state index in [2.05, 4.69) is 0 Å². The van der Waals surface area contributed by atoms with Gasteiger partial charge >= 0.3 is 121 Å². The van der Waals surface area contributed by atoms with E-state index in [1.165, 1.54) is 0 Å². The number of rotatable bonds is 0. The van der Waals surface area contributed by atoms with Crippen LogP contribution in [0.2, 0.25) is 0 Å². The van der Waals surface area contributed by atoms with Gasteiger partial charge in [0.2, 0.25) is 0 Å². The van der Waals surface area contributed by atoms with E-state index < -0.39 is 16.9 Å². The second-order valence-corrected chi connectivity index (χ2v) is 107. The molecule has 0 fully saturated rings. The summed E-state index contributed by atoms with van der Waals surface area (Å²) in [6.45, 7) is 0. The van der Waals surface area contributed by atoms with Crippen LogP contribution in [0.3, 0.4) is 0 Å². The Kier molecular flexibility index (Phi) is 7.03. The fourth-order valence-corrected chi connectivity index (χ4v) is 0. The Morgan fingerprint density at radius 3 is 0.538 bits per heavy atom. The van der Waals surface area contributed by atoms with Gasteiger partial charge in [0.05, 0.1) is 0 Å². The van der Waals surface area contributed by atoms with Crippen LogP contribution in [0.25, 0.3) is 0 Å². The van der Waals surface area contributed by atoms with Crippen LogP contribution in [0.4, 0.5) is 0 Å². The Morgan fingerprint density at radius 2 is 0.538 bits per heavy atom. The van der Waals surface area contributed by atoms with E-state index in [0.717, 1.165) is 0 Å². The van der Waals surface area contributed by atoms with Crippen LogP contribution in [0.5, 0.6) is 0 Å². The summed E-state index contributed by atoms with van der Waals surface area (Å²) in [4.78, 5) is 0. The topological polar surface area (TPSA) is 0 Å². The van der Waals surface area contributed by atoms with Crippen molar-refractivity contribution in [2.45, 2.75) is 0 Å². The van der Waals surface area contributed by atoms with Gasteiger partial charge < -0.3 is 0 Å². The molecule has 13 heteroatoms. The fourth-order valence-electron chi connectivity index (χ4n) is 0. The summed E-state index contributed by atoms with van der Waals surface area (Å²) < 4.78 is 0. The predicted molar refractivity (Wildman–Crippen MR) is 64.4 cm³/mol. The zero-order valence-electron chi connectivity index (χ0n) is 4.97. The Hall–Kier alpha value is 4.57. The van der Waals surface area contributed by atoms with Crippen molar-refractivity contribution in [2.24, 2.45) is 0 Å². The van der Waals surface area contributed by atoms with Crippen molar-refractivity contribution >= 4 is 104 Å². The molecule has 0 amide bonds. The minimum absolute atomic E-state index is 4.39. The van der Waals surface area contributed by atoms with Gasteiger partial charge in [0, 0.05) is 0 Å². The first kappa shape index (κ1) is 19.9. The van der Waals surface area contributed by atoms with E-state index in [9.17, 15) is 0 Å². The third-order valence-corrected chi connectivity index (χ3v) is 0. The summed E-state index contributed by atoms with van der Waals surface area (Å²) in [5.74, 6) is 0. The molecule has 0 aliphatic rings. The van der Waals surface area contributed by atoms with Crippen LogP contribution in [-0.4, -0.2) is 0 Å². The van der Waals surface area contributed by atoms with E-state index >= 15 is 0 Å². The molecule has 0 aromatic rings. The minimum atomic E-state index is -5.47. The molecule has 0 saturated heterocycles. The average molecular weight is 758 g/mol. The van der Waals surface area contributed by atoms with Gasteiger partial charge in [0.25, 0.3) is 0 Å². The van der Waals surface area contributed by atoms with E-state index in [1.54, 1.807) is 0 Å². The zero-order chi connectivity index (χ0) is 11.9. The second kappa shape index (κ2) is 4.59. The quantitative estimate of drug-likeness (QED) is 0.239. The van der Waals surface area contributed by atoms with Crippen LogP contribution in [0.1, 0.15) is 0 Å². The molecular formula is Cl11W2. The Morgan fingerprint density at radius 1 is 0.538 bits per heavy atom. The fraction of sp³-hybridized carbons (Fsp3) is 0. The molecule has 0 rings (SSSR count). The van der Waals surface area contributed by atoms with Gasteiger partial charge in [-0.15, -0.1) is 0 Å². The van der Waals surface area contributed by atoms with Gasteiger partial charge in [-0.1, -0.05) is 0 Å². The molecule has 0 unspecified atom stereocenters. The summed E-state index contributed by atoms with van der Waals surface area (Å²) in [5.41, 5.74) is 0. The third-order valence-electron chi connectivity index (χ3n) is 0. The first-order valence-corrected chi connectivity index (χ1v) is 41.7. The normalized spacial score (nSPS) is 21.3. The van der Waals surface area contributed by atoms with E-state index in [0.29, 0.717) is 0 Å². The SMILES string of the molecule is [Cl][W]([Cl])([Cl])([Cl])([Cl])[Cl].[Cl][W]([Cl])([Cl])([Cl])[Cl]. The molecule has 89 valence electrons. The molecule has 0 nitrogen and oxygen atoms in total. The van der Waals surface area contributed by atoms with Gasteiger partial charge in [-0.3, -0.25) is 0 Å². The van der Waals surface area contributed by atoms with Crippen molar-refractivity contribution in [3.63, 3.8) is 0 Å². The Labute approximate surface area is 118 Å². The molecule has 13 heavy (non-hydrogen) atoms. The van der Waals surface area contributed by atoms with Crippen LogP contribution in [0, 0.1) is 0 Å². The molecule has 0 spiro atoms. The maximum absolute atomic E-state index is 5.47. The molecular weight excluding hydrogens is 758 g/mol. The second-order valence-electron chi connectivity index (χ2n) is 1.46. The number of hydrogen-bond acceptors (Lipinski definition) is 0. The van der Waals surface area contributed by atoms with E-state index in [4.69, 9.17) is 104 Å². The maximum atomic E-state index is 5.07. The summed E-state index contributed by atoms with van der Waals surface area (Å²) in [7, 11) is 45.8. The summed E-state index contributed by atoms with van der Waals surface area (Å²) in [5, 5.41) is 0. The molecule has 0 saturated carbocycles. The van der Waals surface area contributed by atoms with Gasteiger partial charge in [0.15, 0.2) is 0 Å². The summed E-state index contributed by atoms with van der Waals surface area (Å²) >= 11 is 0. The van der Waals surface area contributed by atoms with Crippen LogP contribution < -0.4 is 0 Å². The van der Waals surface area contributed by atoms with Crippen molar-refractivity contribution < 1.29 is 16.9 Å². The average Bonchev–Trinajstić information content (AvgIpc) is 0.981. The van der Waals surface area contributed by atoms with Crippen LogP contribution in [-0.2, 0) is 16.9 Å². The molecule has 0 aromatic carbocycles. The zero-order valence-corrected chi connectivity index (χ0v) is 19.2. The Balaban J connectivity index is 0. The monoisotopic (exact) mass is 753 g/mol. The van der Waals surface area contributed by atoms with Crippen LogP contribution >= 0.6 is 104 Å². The molecule has 0 radical (unpaired) electrons. The number of halogens is 11. The number of hydrogen-bond donors (Lipinski definition) is 0.